The average Bonchev–Trinajstić information content (AvgIpc) is 2.45. The molecule has 0 atom stereocenters. The molecule has 20 heavy (non-hydrogen) atoms. The van der Waals surface area contributed by atoms with E-state index >= 15 is 0 Å². The summed E-state index contributed by atoms with van der Waals surface area (Å²) < 4.78 is 0. The van der Waals surface area contributed by atoms with Crippen LogP contribution in [-0.4, -0.2) is 18.2 Å². The van der Waals surface area contributed by atoms with E-state index in [-0.39, 0.29) is 5.91 Å². The number of carbonyl (C=O) groups excluding carboxylic acids is 1. The third-order valence-electron chi connectivity index (χ3n) is 4.00. The van der Waals surface area contributed by atoms with E-state index in [1.165, 1.54) is 48.1 Å². The van der Waals surface area contributed by atoms with E-state index in [0.29, 0.717) is 11.7 Å². The van der Waals surface area contributed by atoms with Gasteiger partial charge in [0.2, 0.25) is 5.91 Å². The Labute approximate surface area is 126 Å². The Hall–Kier alpha value is -0.960. The predicted octanol–water partition coefficient (Wildman–Crippen LogP) is 4.09. The molecule has 0 bridgehead atoms. The first kappa shape index (κ1) is 15.4. The summed E-state index contributed by atoms with van der Waals surface area (Å²) in [6.07, 6.45) is 6.59. The predicted molar refractivity (Wildman–Crippen MR) is 86.2 cm³/mol. The first-order valence-electron chi connectivity index (χ1n) is 7.62. The summed E-state index contributed by atoms with van der Waals surface area (Å²) >= 11 is 1.64. The second-order valence-electron chi connectivity index (χ2n) is 5.87. The molecular weight excluding hydrogens is 266 g/mol. The van der Waals surface area contributed by atoms with Gasteiger partial charge in [-0.05, 0) is 44.2 Å². The van der Waals surface area contributed by atoms with Crippen LogP contribution >= 0.6 is 11.8 Å². The smallest absolute Gasteiger partial charge is 0.230 e. The lowest BCUT2D eigenvalue weighted by Gasteiger charge is -2.21. The highest BCUT2D eigenvalue weighted by Gasteiger charge is 2.14. The summed E-state index contributed by atoms with van der Waals surface area (Å²) in [4.78, 5) is 13.1. The van der Waals surface area contributed by atoms with Crippen molar-refractivity contribution < 1.29 is 4.79 Å². The highest BCUT2D eigenvalue weighted by atomic mass is 32.2. The van der Waals surface area contributed by atoms with Crippen LogP contribution in [0.2, 0.25) is 0 Å². The number of rotatable bonds is 5. The van der Waals surface area contributed by atoms with Crippen LogP contribution in [0.15, 0.2) is 23.1 Å². The first-order valence-corrected chi connectivity index (χ1v) is 8.60. The van der Waals surface area contributed by atoms with E-state index in [2.05, 4.69) is 37.4 Å². The minimum absolute atomic E-state index is 0.167. The maximum absolute atomic E-state index is 11.9. The van der Waals surface area contributed by atoms with Crippen molar-refractivity contribution in [3.05, 3.63) is 29.3 Å². The molecule has 0 unspecified atom stereocenters. The zero-order valence-corrected chi connectivity index (χ0v) is 13.4. The third kappa shape index (κ3) is 4.86. The second kappa shape index (κ2) is 7.72. The quantitative estimate of drug-likeness (QED) is 0.828. The third-order valence-corrected chi connectivity index (χ3v) is 5.18. The molecule has 2 rings (SSSR count). The molecule has 0 aliphatic heterocycles. The van der Waals surface area contributed by atoms with Crippen LogP contribution in [-0.2, 0) is 4.79 Å². The molecule has 1 saturated carbocycles. The van der Waals surface area contributed by atoms with Crippen molar-refractivity contribution in [2.45, 2.75) is 50.8 Å². The Morgan fingerprint density at radius 1 is 1.25 bits per heavy atom. The number of aryl methyl sites for hydroxylation is 2. The number of hydrogen-bond acceptors (Lipinski definition) is 2. The molecule has 1 aromatic rings. The van der Waals surface area contributed by atoms with E-state index in [4.69, 9.17) is 0 Å². The van der Waals surface area contributed by atoms with E-state index in [9.17, 15) is 4.79 Å². The highest BCUT2D eigenvalue weighted by molar-refractivity contribution is 8.00. The molecule has 1 amide bonds. The van der Waals surface area contributed by atoms with E-state index < -0.39 is 0 Å². The van der Waals surface area contributed by atoms with E-state index in [0.717, 1.165) is 6.54 Å². The maximum Gasteiger partial charge on any atom is 0.230 e. The zero-order valence-electron chi connectivity index (χ0n) is 12.6. The SMILES string of the molecule is Cc1ccc(SCC(=O)NCC2CCCCC2)c(C)c1. The molecule has 3 heteroatoms. The van der Waals surface area contributed by atoms with Gasteiger partial charge in [0.1, 0.15) is 0 Å². The molecule has 1 aliphatic rings. The monoisotopic (exact) mass is 291 g/mol. The summed E-state index contributed by atoms with van der Waals surface area (Å²) in [5.41, 5.74) is 2.53. The molecule has 1 fully saturated rings. The summed E-state index contributed by atoms with van der Waals surface area (Å²) in [7, 11) is 0. The molecule has 0 aromatic heterocycles. The number of nitrogens with one attached hydrogen (secondary N) is 1. The molecule has 0 radical (unpaired) electrons. The van der Waals surface area contributed by atoms with Gasteiger partial charge in [-0.2, -0.15) is 0 Å². The fourth-order valence-electron chi connectivity index (χ4n) is 2.81. The van der Waals surface area contributed by atoms with E-state index in [1.54, 1.807) is 11.8 Å². The van der Waals surface area contributed by atoms with Crippen LogP contribution in [0.5, 0.6) is 0 Å². The molecule has 1 aromatic carbocycles. The second-order valence-corrected chi connectivity index (χ2v) is 6.88. The van der Waals surface area contributed by atoms with Gasteiger partial charge in [0.05, 0.1) is 5.75 Å². The number of amides is 1. The fraction of sp³-hybridized carbons (Fsp3) is 0.588. The van der Waals surface area contributed by atoms with E-state index in [1.807, 2.05) is 0 Å². The molecule has 0 spiro atoms. The zero-order chi connectivity index (χ0) is 14.4. The van der Waals surface area contributed by atoms with Crippen LogP contribution in [0.3, 0.4) is 0 Å². The summed E-state index contributed by atoms with van der Waals surface area (Å²) in [5.74, 6) is 1.40. The van der Waals surface area contributed by atoms with Crippen LogP contribution < -0.4 is 5.32 Å². The Morgan fingerprint density at radius 2 is 2.00 bits per heavy atom. The van der Waals surface area contributed by atoms with Crippen LogP contribution in [0, 0.1) is 19.8 Å². The van der Waals surface area contributed by atoms with Crippen molar-refractivity contribution in [3.63, 3.8) is 0 Å². The standard InChI is InChI=1S/C17H25NOS/c1-13-8-9-16(14(2)10-13)20-12-17(19)18-11-15-6-4-3-5-7-15/h8-10,15H,3-7,11-12H2,1-2H3,(H,18,19). The van der Waals surface area contributed by atoms with Crippen LogP contribution in [0.1, 0.15) is 43.2 Å². The van der Waals surface area contributed by atoms with Crippen molar-refractivity contribution >= 4 is 17.7 Å². The van der Waals surface area contributed by atoms with Crippen LogP contribution in [0.4, 0.5) is 0 Å². The molecule has 1 N–H and O–H groups in total. The number of benzene rings is 1. The topological polar surface area (TPSA) is 29.1 Å². The van der Waals surface area contributed by atoms with Gasteiger partial charge in [0.15, 0.2) is 0 Å². The molecule has 1 aliphatic carbocycles. The maximum atomic E-state index is 11.9. The van der Waals surface area contributed by atoms with Crippen molar-refractivity contribution in [1.29, 1.82) is 0 Å². The van der Waals surface area contributed by atoms with Gasteiger partial charge in [0, 0.05) is 11.4 Å². The normalized spacial score (nSPS) is 16.1. The van der Waals surface area contributed by atoms with Crippen molar-refractivity contribution in [2.75, 3.05) is 12.3 Å². The molecule has 2 nitrogen and oxygen atoms in total. The lowest BCUT2D eigenvalue weighted by atomic mass is 9.89. The summed E-state index contributed by atoms with van der Waals surface area (Å²) in [6, 6.07) is 6.39. The summed E-state index contributed by atoms with van der Waals surface area (Å²) in [5, 5.41) is 3.09. The largest absolute Gasteiger partial charge is 0.355 e. The minimum Gasteiger partial charge on any atom is -0.355 e. The highest BCUT2D eigenvalue weighted by Crippen LogP contribution is 2.24. The molecular formula is C17H25NOS. The van der Waals surface area contributed by atoms with Gasteiger partial charge in [-0.1, -0.05) is 37.0 Å². The average molecular weight is 291 g/mol. The Morgan fingerprint density at radius 3 is 2.70 bits per heavy atom. The van der Waals surface area contributed by atoms with Gasteiger partial charge in [0.25, 0.3) is 0 Å². The summed E-state index contributed by atoms with van der Waals surface area (Å²) in [6.45, 7) is 5.07. The fourth-order valence-corrected chi connectivity index (χ4v) is 3.64. The Kier molecular flexibility index (Phi) is 5.96. The van der Waals surface area contributed by atoms with Gasteiger partial charge in [-0.3, -0.25) is 4.79 Å². The molecule has 0 heterocycles. The number of thioether (sulfide) groups is 1. The van der Waals surface area contributed by atoms with Gasteiger partial charge in [-0.15, -0.1) is 11.8 Å². The van der Waals surface area contributed by atoms with Crippen LogP contribution in [0.25, 0.3) is 0 Å². The van der Waals surface area contributed by atoms with Gasteiger partial charge in [-0.25, -0.2) is 0 Å². The number of hydrogen-bond donors (Lipinski definition) is 1. The van der Waals surface area contributed by atoms with Crippen molar-refractivity contribution in [3.8, 4) is 0 Å². The lowest BCUT2D eigenvalue weighted by molar-refractivity contribution is -0.118. The molecule has 110 valence electrons. The van der Waals surface area contributed by atoms with Gasteiger partial charge >= 0.3 is 0 Å². The van der Waals surface area contributed by atoms with Gasteiger partial charge < -0.3 is 5.32 Å². The Balaban J connectivity index is 1.71. The minimum atomic E-state index is 0.167. The van der Waals surface area contributed by atoms with Crippen molar-refractivity contribution in [2.24, 2.45) is 5.92 Å². The Bertz CT molecular complexity index is 452. The van der Waals surface area contributed by atoms with Crippen molar-refractivity contribution in [1.82, 2.24) is 5.32 Å². The molecule has 0 saturated heterocycles. The lowest BCUT2D eigenvalue weighted by Crippen LogP contribution is -2.31. The first-order chi connectivity index (χ1) is 9.65. The number of carbonyl (C=O) groups is 1.